The van der Waals surface area contributed by atoms with E-state index in [9.17, 15) is 5.26 Å². The molecule has 2 aliphatic rings. The molecule has 4 rings (SSSR count). The predicted octanol–water partition coefficient (Wildman–Crippen LogP) is 2.62. The maximum absolute atomic E-state index is 9.56. The largest absolute Gasteiger partial charge is 0.365 e. The molecule has 128 valence electrons. The molecule has 25 heavy (non-hydrogen) atoms. The van der Waals surface area contributed by atoms with Crippen molar-refractivity contribution in [1.82, 2.24) is 15.0 Å². The normalized spacial score (nSPS) is 19.4. The molecular formula is C19H22N6. The van der Waals surface area contributed by atoms with E-state index in [4.69, 9.17) is 4.98 Å². The lowest BCUT2D eigenvalue weighted by molar-refractivity contribution is 0.665. The lowest BCUT2D eigenvalue weighted by Crippen LogP contribution is -2.28. The first-order valence-electron chi connectivity index (χ1n) is 8.96. The number of hydrogen-bond donors (Lipinski definition) is 1. The van der Waals surface area contributed by atoms with E-state index in [1.165, 1.54) is 24.1 Å². The number of aryl methyl sites for hydroxylation is 3. The van der Waals surface area contributed by atoms with E-state index in [0.717, 1.165) is 49.7 Å². The maximum atomic E-state index is 9.56. The monoisotopic (exact) mass is 334 g/mol. The van der Waals surface area contributed by atoms with Gasteiger partial charge in [0.25, 0.3) is 0 Å². The van der Waals surface area contributed by atoms with E-state index < -0.39 is 0 Å². The minimum Gasteiger partial charge on any atom is -0.365 e. The van der Waals surface area contributed by atoms with E-state index in [1.807, 2.05) is 13.0 Å². The number of nitriles is 1. The lowest BCUT2D eigenvalue weighted by Gasteiger charge is -2.23. The molecular weight excluding hydrogens is 312 g/mol. The number of anilines is 2. The zero-order valence-electron chi connectivity index (χ0n) is 14.5. The average Bonchev–Trinajstić information content (AvgIpc) is 3.09. The molecule has 1 fully saturated rings. The highest BCUT2D eigenvalue weighted by molar-refractivity contribution is 5.57. The highest BCUT2D eigenvalue weighted by Crippen LogP contribution is 2.29. The van der Waals surface area contributed by atoms with E-state index in [0.29, 0.717) is 11.6 Å². The molecule has 2 aromatic rings. The van der Waals surface area contributed by atoms with Gasteiger partial charge in [0.05, 0.1) is 5.56 Å². The van der Waals surface area contributed by atoms with E-state index in [2.05, 4.69) is 32.3 Å². The molecule has 1 aliphatic heterocycles. The van der Waals surface area contributed by atoms with E-state index in [1.54, 1.807) is 6.33 Å². The first-order chi connectivity index (χ1) is 12.2. The van der Waals surface area contributed by atoms with Crippen molar-refractivity contribution in [2.24, 2.45) is 0 Å². The molecule has 2 aromatic heterocycles. The molecule has 0 saturated carbocycles. The summed E-state index contributed by atoms with van der Waals surface area (Å²) in [4.78, 5) is 15.5. The number of aromatic nitrogens is 3. The molecule has 0 amide bonds. The fourth-order valence-corrected chi connectivity index (χ4v) is 3.76. The molecule has 1 N–H and O–H groups in total. The highest BCUT2D eigenvalue weighted by atomic mass is 15.2. The lowest BCUT2D eigenvalue weighted by atomic mass is 9.95. The smallest absolute Gasteiger partial charge is 0.146 e. The van der Waals surface area contributed by atoms with Crippen LogP contribution in [0.15, 0.2) is 18.5 Å². The van der Waals surface area contributed by atoms with Crippen molar-refractivity contribution in [2.75, 3.05) is 23.3 Å². The van der Waals surface area contributed by atoms with Gasteiger partial charge in [0.1, 0.15) is 24.0 Å². The third-order valence-corrected chi connectivity index (χ3v) is 5.04. The van der Waals surface area contributed by atoms with Crippen LogP contribution in [-0.2, 0) is 12.8 Å². The van der Waals surface area contributed by atoms with Crippen molar-refractivity contribution in [3.63, 3.8) is 0 Å². The summed E-state index contributed by atoms with van der Waals surface area (Å²) in [6.45, 7) is 3.70. The highest BCUT2D eigenvalue weighted by Gasteiger charge is 2.27. The Hall–Kier alpha value is -2.68. The Morgan fingerprint density at radius 2 is 2.12 bits per heavy atom. The molecule has 6 heteroatoms. The zero-order valence-corrected chi connectivity index (χ0v) is 14.5. The number of rotatable bonds is 3. The molecule has 6 nitrogen and oxygen atoms in total. The van der Waals surface area contributed by atoms with Crippen LogP contribution >= 0.6 is 0 Å². The molecule has 1 unspecified atom stereocenters. The van der Waals surface area contributed by atoms with Gasteiger partial charge in [-0.05, 0) is 50.7 Å². The molecule has 0 radical (unpaired) electrons. The number of pyridine rings is 1. The van der Waals surface area contributed by atoms with Crippen molar-refractivity contribution in [3.05, 3.63) is 41.0 Å². The summed E-state index contributed by atoms with van der Waals surface area (Å²) in [7, 11) is 0. The van der Waals surface area contributed by atoms with Gasteiger partial charge in [-0.3, -0.25) is 0 Å². The van der Waals surface area contributed by atoms with Crippen molar-refractivity contribution in [3.8, 4) is 6.07 Å². The van der Waals surface area contributed by atoms with E-state index >= 15 is 0 Å². The molecule has 0 aromatic carbocycles. The van der Waals surface area contributed by atoms with Crippen LogP contribution in [-0.4, -0.2) is 34.1 Å². The Bertz CT molecular complexity index is 825. The number of hydrogen-bond acceptors (Lipinski definition) is 6. The van der Waals surface area contributed by atoms with Crippen LogP contribution in [0, 0.1) is 18.3 Å². The van der Waals surface area contributed by atoms with Gasteiger partial charge in [0.2, 0.25) is 0 Å². The van der Waals surface area contributed by atoms with Gasteiger partial charge in [-0.2, -0.15) is 5.26 Å². The summed E-state index contributed by atoms with van der Waals surface area (Å²) in [5, 5.41) is 13.0. The summed E-state index contributed by atoms with van der Waals surface area (Å²) in [5.74, 6) is 1.71. The minimum absolute atomic E-state index is 0.304. The molecule has 0 spiro atoms. The van der Waals surface area contributed by atoms with Gasteiger partial charge >= 0.3 is 0 Å². The van der Waals surface area contributed by atoms with Gasteiger partial charge in [-0.15, -0.1) is 0 Å². The van der Waals surface area contributed by atoms with Crippen LogP contribution in [0.3, 0.4) is 0 Å². The van der Waals surface area contributed by atoms with Crippen LogP contribution in [0.2, 0.25) is 0 Å². The molecule has 3 heterocycles. The summed E-state index contributed by atoms with van der Waals surface area (Å²) >= 11 is 0. The molecule has 1 aliphatic carbocycles. The van der Waals surface area contributed by atoms with Crippen LogP contribution in [0.25, 0.3) is 0 Å². The SMILES string of the molecule is Cc1cc(NC2CCN(c3nc4c(cc3C#N)CCCC4)C2)ncn1. The molecule has 0 bridgehead atoms. The third kappa shape index (κ3) is 3.27. The molecule has 1 saturated heterocycles. The summed E-state index contributed by atoms with van der Waals surface area (Å²) < 4.78 is 0. The summed E-state index contributed by atoms with van der Waals surface area (Å²) in [5.41, 5.74) is 4.11. The van der Waals surface area contributed by atoms with Gasteiger partial charge in [-0.1, -0.05) is 0 Å². The van der Waals surface area contributed by atoms with Crippen molar-refractivity contribution in [2.45, 2.75) is 45.1 Å². The number of fused-ring (bicyclic) bond motifs is 1. The fraction of sp³-hybridized carbons (Fsp3) is 0.474. The van der Waals surface area contributed by atoms with Crippen LogP contribution < -0.4 is 10.2 Å². The molecule has 1 atom stereocenters. The van der Waals surface area contributed by atoms with Crippen molar-refractivity contribution >= 4 is 11.6 Å². The van der Waals surface area contributed by atoms with Crippen molar-refractivity contribution < 1.29 is 0 Å². The van der Waals surface area contributed by atoms with Crippen LogP contribution in [0.5, 0.6) is 0 Å². The second kappa shape index (κ2) is 6.67. The number of nitrogens with one attached hydrogen (secondary N) is 1. The minimum atomic E-state index is 0.304. The topological polar surface area (TPSA) is 77.7 Å². The Morgan fingerprint density at radius 3 is 2.96 bits per heavy atom. The summed E-state index contributed by atoms with van der Waals surface area (Å²) in [6, 6.07) is 6.67. The average molecular weight is 334 g/mol. The standard InChI is InChI=1S/C19H22N6/c1-13-8-18(22-12-21-13)23-16-6-7-25(11-16)19-15(10-20)9-14-4-2-3-5-17(14)24-19/h8-9,12,16H,2-7,11H2,1H3,(H,21,22,23). The van der Waals surface area contributed by atoms with Crippen molar-refractivity contribution in [1.29, 1.82) is 5.26 Å². The Balaban J connectivity index is 1.52. The van der Waals surface area contributed by atoms with E-state index in [-0.39, 0.29) is 0 Å². The van der Waals surface area contributed by atoms with Gasteiger partial charge < -0.3 is 10.2 Å². The zero-order chi connectivity index (χ0) is 17.2. The maximum Gasteiger partial charge on any atom is 0.146 e. The first-order valence-corrected chi connectivity index (χ1v) is 8.96. The third-order valence-electron chi connectivity index (χ3n) is 5.04. The van der Waals surface area contributed by atoms with Crippen LogP contribution in [0.4, 0.5) is 11.6 Å². The second-order valence-electron chi connectivity index (χ2n) is 6.90. The first kappa shape index (κ1) is 15.8. The van der Waals surface area contributed by atoms with Crippen LogP contribution in [0.1, 0.15) is 41.8 Å². The Labute approximate surface area is 147 Å². The predicted molar refractivity (Wildman–Crippen MR) is 96.6 cm³/mol. The number of nitrogens with zero attached hydrogens (tertiary/aromatic N) is 5. The van der Waals surface area contributed by atoms with Gasteiger partial charge in [0, 0.05) is 36.6 Å². The van der Waals surface area contributed by atoms with Gasteiger partial charge in [0.15, 0.2) is 0 Å². The summed E-state index contributed by atoms with van der Waals surface area (Å²) in [6.07, 6.45) is 7.07. The fourth-order valence-electron chi connectivity index (χ4n) is 3.76. The quantitative estimate of drug-likeness (QED) is 0.930. The van der Waals surface area contributed by atoms with Gasteiger partial charge in [-0.25, -0.2) is 15.0 Å². The Morgan fingerprint density at radius 1 is 1.24 bits per heavy atom. The Kier molecular flexibility index (Phi) is 4.22. The second-order valence-corrected chi connectivity index (χ2v) is 6.90.